The summed E-state index contributed by atoms with van der Waals surface area (Å²) < 4.78 is 0. The molecule has 1 rings (SSSR count). The molecular formula is C6H6Si. The summed E-state index contributed by atoms with van der Waals surface area (Å²) >= 11 is 0. The second-order valence-corrected chi connectivity index (χ2v) is 2.32. The van der Waals surface area contributed by atoms with Gasteiger partial charge in [-0.3, -0.25) is 0 Å². The molecule has 7 heavy (non-hydrogen) atoms. The number of hydrogen-bond donors (Lipinski definition) is 0. The molecule has 0 fully saturated rings. The van der Waals surface area contributed by atoms with Gasteiger partial charge in [-0.1, -0.05) is 17.3 Å². The average Bonchev–Trinajstić information content (AvgIpc) is 1.69. The van der Waals surface area contributed by atoms with Crippen molar-refractivity contribution in [1.29, 1.82) is 0 Å². The normalized spacial score (nSPS) is 18.0. The number of allylic oxidation sites excluding steroid dienone is 4. The Labute approximate surface area is 46.6 Å². The zero-order chi connectivity index (χ0) is 5.11. The summed E-state index contributed by atoms with van der Waals surface area (Å²) in [6.45, 7) is 0. The summed E-state index contributed by atoms with van der Waals surface area (Å²) in [4.78, 5) is 0. The third-order valence-electron chi connectivity index (χ3n) is 0.804. The van der Waals surface area contributed by atoms with E-state index in [9.17, 15) is 0 Å². The maximum absolute atomic E-state index is 3.07. The van der Waals surface area contributed by atoms with Crippen LogP contribution in [0.5, 0.6) is 0 Å². The molecule has 0 spiro atoms. The lowest BCUT2D eigenvalue weighted by Crippen LogP contribution is -1.93. The van der Waals surface area contributed by atoms with Gasteiger partial charge in [0.1, 0.15) is 0 Å². The van der Waals surface area contributed by atoms with Gasteiger partial charge in [-0.25, -0.2) is 0 Å². The first-order chi connectivity index (χ1) is 3.39. The molecule has 0 bridgehead atoms. The van der Waals surface area contributed by atoms with Crippen LogP contribution in [-0.2, 0) is 0 Å². The van der Waals surface area contributed by atoms with Gasteiger partial charge in [-0.15, -0.1) is 0 Å². The molecule has 0 atom stereocenters. The number of rotatable bonds is 0. The smallest absolute Gasteiger partial charge is 0.00667 e. The van der Waals surface area contributed by atoms with Gasteiger partial charge in [0.25, 0.3) is 0 Å². The molecule has 1 aliphatic carbocycles. The van der Waals surface area contributed by atoms with Crippen molar-refractivity contribution in [2.75, 3.05) is 0 Å². The van der Waals surface area contributed by atoms with E-state index in [-0.39, 0.29) is 0 Å². The highest BCUT2D eigenvalue weighted by Crippen LogP contribution is 1.91. The monoisotopic (exact) mass is 106 g/mol. The molecule has 0 aliphatic heterocycles. The summed E-state index contributed by atoms with van der Waals surface area (Å²) in [5.41, 5.74) is 0. The summed E-state index contributed by atoms with van der Waals surface area (Å²) in [5, 5.41) is 1.29. The summed E-state index contributed by atoms with van der Waals surface area (Å²) in [6.07, 6.45) is 10.9. The molecule has 2 radical (unpaired) electrons. The minimum Gasteiger partial charge on any atom is -0.0628 e. The first-order valence-corrected chi connectivity index (χ1v) is 2.93. The molecule has 1 heteroatoms. The van der Waals surface area contributed by atoms with E-state index in [1.54, 1.807) is 0 Å². The van der Waals surface area contributed by atoms with Gasteiger partial charge in [0.2, 0.25) is 0 Å². The first kappa shape index (κ1) is 4.72. The van der Waals surface area contributed by atoms with Crippen LogP contribution in [0.4, 0.5) is 0 Å². The molecule has 0 heterocycles. The Morgan fingerprint density at radius 2 is 2.43 bits per heavy atom. The van der Waals surface area contributed by atoms with Gasteiger partial charge < -0.3 is 0 Å². The third-order valence-corrected chi connectivity index (χ3v) is 1.26. The van der Waals surface area contributed by atoms with Gasteiger partial charge >= 0.3 is 0 Å². The zero-order valence-corrected chi connectivity index (χ0v) is 5.48. The van der Waals surface area contributed by atoms with Crippen LogP contribution in [-0.4, -0.2) is 15.0 Å². The maximum atomic E-state index is 3.07. The van der Waals surface area contributed by atoms with E-state index in [1.807, 2.05) is 22.0 Å². The Balaban J connectivity index is 2.66. The molecule has 0 saturated heterocycles. The molecule has 34 valence electrons. The van der Waals surface area contributed by atoms with Crippen molar-refractivity contribution >= 4 is 15.0 Å². The minimum atomic E-state index is 0.967. The lowest BCUT2D eigenvalue weighted by Gasteiger charge is -1.93. The standard InChI is InChI=1S/C6H6Si/c7-6-4-2-1-3-5-6/h1-2H,5,7H2. The highest BCUT2D eigenvalue weighted by Gasteiger charge is 1.86. The Morgan fingerprint density at radius 1 is 1.57 bits per heavy atom. The summed E-state index contributed by atoms with van der Waals surface area (Å²) in [5.74, 6) is 0. The Bertz CT molecular complexity index is 131. The molecule has 0 aromatic rings. The van der Waals surface area contributed by atoms with Crippen molar-refractivity contribution in [3.8, 4) is 0 Å². The van der Waals surface area contributed by atoms with E-state index in [1.165, 1.54) is 5.17 Å². The van der Waals surface area contributed by atoms with E-state index >= 15 is 0 Å². The molecule has 0 aromatic heterocycles. The van der Waals surface area contributed by atoms with Crippen LogP contribution in [0.3, 0.4) is 0 Å². The molecule has 1 aliphatic rings. The molecular weight excluding hydrogens is 100 g/mol. The van der Waals surface area contributed by atoms with Crippen molar-refractivity contribution < 1.29 is 0 Å². The first-order valence-electron chi connectivity index (χ1n) is 2.22. The Kier molecular flexibility index (Phi) is 1.37. The van der Waals surface area contributed by atoms with E-state index in [2.05, 4.69) is 12.2 Å². The fourth-order valence-electron chi connectivity index (χ4n) is 0.452. The minimum absolute atomic E-state index is 0.967. The molecule has 0 N–H and O–H groups in total. The molecule has 0 aromatic carbocycles. The van der Waals surface area contributed by atoms with Gasteiger partial charge in [-0.2, -0.15) is 0 Å². The topological polar surface area (TPSA) is 0 Å². The van der Waals surface area contributed by atoms with Crippen molar-refractivity contribution in [3.63, 3.8) is 0 Å². The fraction of sp³-hybridized carbons (Fsp3) is 0.167. The van der Waals surface area contributed by atoms with Crippen molar-refractivity contribution in [3.05, 3.63) is 24.3 Å². The van der Waals surface area contributed by atoms with Gasteiger partial charge in [-0.05, 0) is 28.4 Å². The lowest BCUT2D eigenvalue weighted by atomic mass is 10.2. The summed E-state index contributed by atoms with van der Waals surface area (Å²) in [6, 6.07) is 0. The molecule has 0 nitrogen and oxygen atoms in total. The predicted octanol–water partition coefficient (Wildman–Crippen LogP) is -0.0856. The second kappa shape index (κ2) is 2.03. The van der Waals surface area contributed by atoms with E-state index in [4.69, 9.17) is 0 Å². The van der Waals surface area contributed by atoms with Gasteiger partial charge in [0.05, 0.1) is 0 Å². The van der Waals surface area contributed by atoms with E-state index in [0.717, 1.165) is 6.42 Å². The van der Waals surface area contributed by atoms with E-state index < -0.39 is 0 Å². The SMILES string of the molecule is [SiH2]=C1[C]=CC=[C]C1. The average molecular weight is 106 g/mol. The Morgan fingerprint density at radius 3 is 2.71 bits per heavy atom. The largest absolute Gasteiger partial charge is 0.0628 e. The maximum Gasteiger partial charge on any atom is -0.00667 e. The van der Waals surface area contributed by atoms with Crippen molar-refractivity contribution in [1.82, 2.24) is 0 Å². The number of hydrogen-bond acceptors (Lipinski definition) is 0. The fourth-order valence-corrected chi connectivity index (χ4v) is 0.714. The van der Waals surface area contributed by atoms with Crippen LogP contribution in [0.1, 0.15) is 6.42 Å². The summed E-state index contributed by atoms with van der Waals surface area (Å²) in [7, 11) is 1.87. The highest BCUT2D eigenvalue weighted by molar-refractivity contribution is 6.40. The van der Waals surface area contributed by atoms with Crippen LogP contribution in [0.15, 0.2) is 12.2 Å². The van der Waals surface area contributed by atoms with Crippen LogP contribution in [0, 0.1) is 12.2 Å². The lowest BCUT2D eigenvalue weighted by molar-refractivity contribution is 1.43. The molecule has 0 unspecified atom stereocenters. The van der Waals surface area contributed by atoms with Crippen LogP contribution in [0.2, 0.25) is 0 Å². The van der Waals surface area contributed by atoms with E-state index in [0.29, 0.717) is 0 Å². The van der Waals surface area contributed by atoms with Crippen molar-refractivity contribution in [2.24, 2.45) is 0 Å². The second-order valence-electron chi connectivity index (χ2n) is 1.46. The van der Waals surface area contributed by atoms with Gasteiger partial charge in [0, 0.05) is 0 Å². The Hall–Kier alpha value is -0.433. The highest BCUT2D eigenvalue weighted by atomic mass is 28.1. The van der Waals surface area contributed by atoms with Crippen LogP contribution < -0.4 is 0 Å². The predicted molar refractivity (Wildman–Crippen MR) is 33.8 cm³/mol. The molecule has 0 amide bonds. The quantitative estimate of drug-likeness (QED) is 0.379. The van der Waals surface area contributed by atoms with Crippen molar-refractivity contribution in [2.45, 2.75) is 6.42 Å². The third kappa shape index (κ3) is 1.24. The van der Waals surface area contributed by atoms with Crippen LogP contribution in [0.25, 0.3) is 0 Å². The molecule has 0 saturated carbocycles. The zero-order valence-electron chi connectivity index (χ0n) is 4.07. The van der Waals surface area contributed by atoms with Crippen LogP contribution >= 0.6 is 0 Å². The van der Waals surface area contributed by atoms with Gasteiger partial charge in [0.15, 0.2) is 0 Å².